The number of carboxylic acid groups (broad SMARTS) is 1. The Morgan fingerprint density at radius 2 is 2.00 bits per heavy atom. The molecule has 0 amide bonds. The van der Waals surface area contributed by atoms with Crippen LogP contribution < -0.4 is 0 Å². The number of halogens is 3. The van der Waals surface area contributed by atoms with Gasteiger partial charge in [-0.2, -0.15) is 0 Å². The summed E-state index contributed by atoms with van der Waals surface area (Å²) in [7, 11) is 0. The van der Waals surface area contributed by atoms with Crippen LogP contribution in [0.5, 0.6) is 0 Å². The number of rotatable bonds is 2. The van der Waals surface area contributed by atoms with E-state index < -0.39 is 5.97 Å². The highest BCUT2D eigenvalue weighted by Gasteiger charge is 2.06. The molecule has 0 heterocycles. The highest BCUT2D eigenvalue weighted by atomic mass is 35.5. The molecule has 0 aromatic heterocycles. The van der Waals surface area contributed by atoms with Gasteiger partial charge in [0.1, 0.15) is 0 Å². The SMILES string of the molecule is O=C(O)/C=C(/Cl)c1ccc(Cl)cc1Cl. The first-order chi connectivity index (χ1) is 6.50. The normalized spacial score (nSPS) is 11.5. The molecule has 0 saturated carbocycles. The van der Waals surface area contributed by atoms with Gasteiger partial charge in [-0.1, -0.05) is 40.9 Å². The van der Waals surface area contributed by atoms with Crippen molar-refractivity contribution in [3.05, 3.63) is 39.9 Å². The Bertz CT molecular complexity index is 399. The Kier molecular flexibility index (Phi) is 3.81. The van der Waals surface area contributed by atoms with Gasteiger partial charge in [0, 0.05) is 16.7 Å². The molecule has 5 heteroatoms. The summed E-state index contributed by atoms with van der Waals surface area (Å²) >= 11 is 17.2. The summed E-state index contributed by atoms with van der Waals surface area (Å²) in [4.78, 5) is 10.3. The summed E-state index contributed by atoms with van der Waals surface area (Å²) in [5, 5.41) is 9.32. The molecule has 0 unspecified atom stereocenters. The largest absolute Gasteiger partial charge is 0.478 e. The molecule has 1 aromatic carbocycles. The molecule has 14 heavy (non-hydrogen) atoms. The topological polar surface area (TPSA) is 37.3 Å². The van der Waals surface area contributed by atoms with Gasteiger partial charge in [-0.3, -0.25) is 0 Å². The zero-order valence-electron chi connectivity index (χ0n) is 6.80. The van der Waals surface area contributed by atoms with Crippen LogP contribution in [-0.4, -0.2) is 11.1 Å². The first kappa shape index (κ1) is 11.4. The molecule has 0 spiro atoms. The van der Waals surface area contributed by atoms with Crippen LogP contribution in [0.25, 0.3) is 5.03 Å². The van der Waals surface area contributed by atoms with E-state index in [1.165, 1.54) is 6.07 Å². The van der Waals surface area contributed by atoms with Crippen LogP contribution in [0.15, 0.2) is 24.3 Å². The van der Waals surface area contributed by atoms with Crippen LogP contribution in [0.3, 0.4) is 0 Å². The monoisotopic (exact) mass is 250 g/mol. The fraction of sp³-hybridized carbons (Fsp3) is 0. The average Bonchev–Trinajstić information content (AvgIpc) is 2.01. The number of carbonyl (C=O) groups is 1. The van der Waals surface area contributed by atoms with E-state index in [4.69, 9.17) is 39.9 Å². The summed E-state index contributed by atoms with van der Waals surface area (Å²) in [6, 6.07) is 4.64. The number of aliphatic carboxylic acids is 1. The predicted molar refractivity (Wildman–Crippen MR) is 57.9 cm³/mol. The van der Waals surface area contributed by atoms with Crippen LogP contribution in [0, 0.1) is 0 Å². The highest BCUT2D eigenvalue weighted by Crippen LogP contribution is 2.29. The standard InChI is InChI=1S/C9H5Cl3O2/c10-5-1-2-6(7(11)3-5)8(12)4-9(13)14/h1-4H,(H,13,14)/b8-4+. The molecule has 1 N–H and O–H groups in total. The third kappa shape index (κ3) is 2.91. The molecule has 0 aliphatic rings. The lowest BCUT2D eigenvalue weighted by molar-refractivity contribution is -0.131. The molecular formula is C9H5Cl3O2. The van der Waals surface area contributed by atoms with Crippen molar-refractivity contribution >= 4 is 45.8 Å². The van der Waals surface area contributed by atoms with E-state index in [0.717, 1.165) is 6.08 Å². The van der Waals surface area contributed by atoms with Gasteiger partial charge < -0.3 is 5.11 Å². The Morgan fingerprint density at radius 3 is 2.50 bits per heavy atom. The van der Waals surface area contributed by atoms with E-state index in [1.807, 2.05) is 0 Å². The Morgan fingerprint density at radius 1 is 1.36 bits per heavy atom. The lowest BCUT2D eigenvalue weighted by atomic mass is 10.2. The number of carboxylic acids is 1. The molecule has 0 saturated heterocycles. The Balaban J connectivity index is 3.14. The lowest BCUT2D eigenvalue weighted by Crippen LogP contribution is -1.89. The molecule has 74 valence electrons. The zero-order valence-corrected chi connectivity index (χ0v) is 9.07. The number of hydrogen-bond donors (Lipinski definition) is 1. The third-order valence-electron chi connectivity index (χ3n) is 1.44. The van der Waals surface area contributed by atoms with Crippen LogP contribution >= 0.6 is 34.8 Å². The van der Waals surface area contributed by atoms with E-state index >= 15 is 0 Å². The van der Waals surface area contributed by atoms with Gasteiger partial charge in [0.05, 0.1) is 10.1 Å². The predicted octanol–water partition coefficient (Wildman–Crippen LogP) is 3.66. The summed E-state index contributed by atoms with van der Waals surface area (Å²) in [6.07, 6.45) is 0.872. The molecule has 0 atom stereocenters. The van der Waals surface area contributed by atoms with Crippen molar-refractivity contribution in [3.63, 3.8) is 0 Å². The highest BCUT2D eigenvalue weighted by molar-refractivity contribution is 6.51. The first-order valence-electron chi connectivity index (χ1n) is 3.56. The Hall–Kier alpha value is -0.700. The molecular weight excluding hydrogens is 246 g/mol. The number of benzene rings is 1. The van der Waals surface area contributed by atoms with Crippen molar-refractivity contribution in [2.24, 2.45) is 0 Å². The van der Waals surface area contributed by atoms with E-state index in [2.05, 4.69) is 0 Å². The van der Waals surface area contributed by atoms with E-state index in [1.54, 1.807) is 12.1 Å². The van der Waals surface area contributed by atoms with Gasteiger partial charge in [-0.15, -0.1) is 0 Å². The first-order valence-corrected chi connectivity index (χ1v) is 4.69. The molecule has 0 aliphatic heterocycles. The molecule has 0 radical (unpaired) electrons. The van der Waals surface area contributed by atoms with Crippen molar-refractivity contribution in [1.82, 2.24) is 0 Å². The van der Waals surface area contributed by atoms with Crippen LogP contribution in [0.1, 0.15) is 5.56 Å². The molecule has 2 nitrogen and oxygen atoms in total. The molecule has 0 aliphatic carbocycles. The third-order valence-corrected chi connectivity index (χ3v) is 2.30. The van der Waals surface area contributed by atoms with E-state index in [9.17, 15) is 4.79 Å². The maximum absolute atomic E-state index is 10.3. The Labute approximate surface area is 95.7 Å². The van der Waals surface area contributed by atoms with Crippen molar-refractivity contribution < 1.29 is 9.90 Å². The van der Waals surface area contributed by atoms with Gasteiger partial charge in [0.2, 0.25) is 0 Å². The van der Waals surface area contributed by atoms with Gasteiger partial charge in [0.25, 0.3) is 0 Å². The van der Waals surface area contributed by atoms with Gasteiger partial charge in [0.15, 0.2) is 0 Å². The summed E-state index contributed by atoms with van der Waals surface area (Å²) in [6.45, 7) is 0. The van der Waals surface area contributed by atoms with Crippen LogP contribution in [0.4, 0.5) is 0 Å². The molecule has 1 rings (SSSR count). The van der Waals surface area contributed by atoms with Crippen molar-refractivity contribution in [2.75, 3.05) is 0 Å². The second-order valence-corrected chi connectivity index (χ2v) is 3.71. The van der Waals surface area contributed by atoms with Gasteiger partial charge in [-0.25, -0.2) is 4.79 Å². The van der Waals surface area contributed by atoms with Crippen LogP contribution in [-0.2, 0) is 4.79 Å². The zero-order chi connectivity index (χ0) is 10.7. The van der Waals surface area contributed by atoms with Gasteiger partial charge >= 0.3 is 5.97 Å². The lowest BCUT2D eigenvalue weighted by Gasteiger charge is -2.01. The van der Waals surface area contributed by atoms with Crippen molar-refractivity contribution in [3.8, 4) is 0 Å². The van der Waals surface area contributed by atoms with Gasteiger partial charge in [-0.05, 0) is 12.1 Å². The number of hydrogen-bond acceptors (Lipinski definition) is 1. The maximum atomic E-state index is 10.3. The maximum Gasteiger partial charge on any atom is 0.329 e. The average molecular weight is 251 g/mol. The van der Waals surface area contributed by atoms with E-state index in [0.29, 0.717) is 15.6 Å². The second kappa shape index (κ2) is 4.69. The quantitative estimate of drug-likeness (QED) is 0.815. The minimum atomic E-state index is -1.12. The fourth-order valence-electron chi connectivity index (χ4n) is 0.869. The summed E-state index contributed by atoms with van der Waals surface area (Å²) < 4.78 is 0. The smallest absolute Gasteiger partial charge is 0.329 e. The summed E-state index contributed by atoms with van der Waals surface area (Å²) in [5.41, 5.74) is 0.445. The molecule has 0 fully saturated rings. The minimum absolute atomic E-state index is 0.0687. The minimum Gasteiger partial charge on any atom is -0.478 e. The molecule has 1 aromatic rings. The van der Waals surface area contributed by atoms with Crippen molar-refractivity contribution in [1.29, 1.82) is 0 Å². The van der Waals surface area contributed by atoms with Crippen molar-refractivity contribution in [2.45, 2.75) is 0 Å². The molecule has 0 bridgehead atoms. The second-order valence-electron chi connectivity index (χ2n) is 2.45. The summed E-state index contributed by atoms with van der Waals surface area (Å²) in [5.74, 6) is -1.12. The van der Waals surface area contributed by atoms with Crippen LogP contribution in [0.2, 0.25) is 10.0 Å². The fourth-order valence-corrected chi connectivity index (χ4v) is 1.69. The van der Waals surface area contributed by atoms with E-state index in [-0.39, 0.29) is 5.03 Å².